The van der Waals surface area contributed by atoms with E-state index < -0.39 is 23.7 Å². The van der Waals surface area contributed by atoms with Crippen LogP contribution in [0.15, 0.2) is 16.6 Å². The first-order valence-electron chi connectivity index (χ1n) is 5.60. The van der Waals surface area contributed by atoms with Gasteiger partial charge in [-0.1, -0.05) is 11.6 Å². The Hall–Kier alpha value is -1.14. The van der Waals surface area contributed by atoms with Crippen LogP contribution in [-0.4, -0.2) is 34.5 Å². The van der Waals surface area contributed by atoms with Crippen LogP contribution in [0.4, 0.5) is 4.39 Å². The van der Waals surface area contributed by atoms with E-state index in [0.717, 1.165) is 6.07 Å². The number of nitrogens with zero attached hydrogens (tertiary/aromatic N) is 1. The van der Waals surface area contributed by atoms with Crippen molar-refractivity contribution in [2.75, 3.05) is 6.54 Å². The van der Waals surface area contributed by atoms with E-state index in [1.54, 1.807) is 0 Å². The summed E-state index contributed by atoms with van der Waals surface area (Å²) in [4.78, 5) is 24.6. The summed E-state index contributed by atoms with van der Waals surface area (Å²) in [5, 5.41) is 9.14. The van der Waals surface area contributed by atoms with Crippen LogP contribution in [0.1, 0.15) is 23.2 Å². The number of carbonyl (C=O) groups excluding carboxylic acids is 1. The maximum absolute atomic E-state index is 13.5. The van der Waals surface area contributed by atoms with Gasteiger partial charge >= 0.3 is 5.97 Å². The Kier molecular flexibility index (Phi) is 4.10. The van der Waals surface area contributed by atoms with E-state index in [2.05, 4.69) is 15.9 Å². The van der Waals surface area contributed by atoms with E-state index >= 15 is 0 Å². The van der Waals surface area contributed by atoms with Crippen molar-refractivity contribution in [2.24, 2.45) is 0 Å². The number of likely N-dealkylation sites (tertiary alicyclic amines) is 1. The SMILES string of the molecule is O=C(O)C1CCCN1C(=O)c1cc(Cl)cc(F)c1Br. The predicted octanol–water partition coefficient (Wildman–Crippen LogP) is 2.93. The molecule has 0 radical (unpaired) electrons. The largest absolute Gasteiger partial charge is 0.480 e. The third kappa shape index (κ3) is 2.74. The zero-order chi connectivity index (χ0) is 14.2. The Morgan fingerprint density at radius 2 is 2.16 bits per heavy atom. The van der Waals surface area contributed by atoms with Crippen LogP contribution in [0.5, 0.6) is 0 Å². The zero-order valence-corrected chi connectivity index (χ0v) is 12.0. The van der Waals surface area contributed by atoms with Crippen molar-refractivity contribution in [3.8, 4) is 0 Å². The average Bonchev–Trinajstić information content (AvgIpc) is 2.82. The maximum Gasteiger partial charge on any atom is 0.326 e. The number of carbonyl (C=O) groups is 2. The van der Waals surface area contributed by atoms with Crippen LogP contribution >= 0.6 is 27.5 Å². The molecular weight excluding hydrogens is 340 g/mol. The quantitative estimate of drug-likeness (QED) is 0.834. The second kappa shape index (κ2) is 5.46. The van der Waals surface area contributed by atoms with E-state index in [9.17, 15) is 14.0 Å². The van der Waals surface area contributed by atoms with Gasteiger partial charge in [0.2, 0.25) is 0 Å². The average molecular weight is 351 g/mol. The molecule has 4 nitrogen and oxygen atoms in total. The molecule has 1 N–H and O–H groups in total. The van der Waals surface area contributed by atoms with Crippen molar-refractivity contribution in [3.63, 3.8) is 0 Å². The molecule has 0 bridgehead atoms. The number of carboxylic acid groups (broad SMARTS) is 1. The molecule has 0 spiro atoms. The number of hydrogen-bond acceptors (Lipinski definition) is 2. The molecule has 1 aromatic carbocycles. The van der Waals surface area contributed by atoms with Gasteiger partial charge in [0, 0.05) is 11.6 Å². The summed E-state index contributed by atoms with van der Waals surface area (Å²) < 4.78 is 13.5. The lowest BCUT2D eigenvalue weighted by atomic mass is 10.1. The second-order valence-corrected chi connectivity index (χ2v) is 5.47. The van der Waals surface area contributed by atoms with Gasteiger partial charge in [-0.05, 0) is 40.9 Å². The minimum absolute atomic E-state index is 0.00191. The number of amides is 1. The number of rotatable bonds is 2. The van der Waals surface area contributed by atoms with Gasteiger partial charge in [0.1, 0.15) is 11.9 Å². The normalized spacial score (nSPS) is 18.7. The van der Waals surface area contributed by atoms with Crippen LogP contribution in [-0.2, 0) is 4.79 Å². The van der Waals surface area contributed by atoms with Crippen molar-refractivity contribution >= 4 is 39.4 Å². The summed E-state index contributed by atoms with van der Waals surface area (Å²) in [6, 6.07) is 1.55. The molecule has 0 aliphatic carbocycles. The van der Waals surface area contributed by atoms with E-state index in [1.807, 2.05) is 0 Å². The first-order valence-corrected chi connectivity index (χ1v) is 6.77. The lowest BCUT2D eigenvalue weighted by molar-refractivity contribution is -0.141. The maximum atomic E-state index is 13.5. The van der Waals surface area contributed by atoms with Gasteiger partial charge < -0.3 is 10.0 Å². The van der Waals surface area contributed by atoms with Crippen molar-refractivity contribution in [1.29, 1.82) is 0 Å². The summed E-state index contributed by atoms with van der Waals surface area (Å²) in [6.07, 6.45) is 1.02. The lowest BCUT2D eigenvalue weighted by Crippen LogP contribution is -2.40. The van der Waals surface area contributed by atoms with E-state index in [-0.39, 0.29) is 15.1 Å². The fourth-order valence-corrected chi connectivity index (χ4v) is 2.74. The van der Waals surface area contributed by atoms with Crippen LogP contribution in [0.3, 0.4) is 0 Å². The topological polar surface area (TPSA) is 57.6 Å². The highest BCUT2D eigenvalue weighted by molar-refractivity contribution is 9.10. The zero-order valence-electron chi connectivity index (χ0n) is 9.70. The Morgan fingerprint density at radius 1 is 1.47 bits per heavy atom. The van der Waals surface area contributed by atoms with Crippen molar-refractivity contribution in [1.82, 2.24) is 4.90 Å². The highest BCUT2D eigenvalue weighted by Gasteiger charge is 2.35. The molecule has 102 valence electrons. The van der Waals surface area contributed by atoms with E-state index in [1.165, 1.54) is 11.0 Å². The first-order chi connectivity index (χ1) is 8.91. The number of hydrogen-bond donors (Lipinski definition) is 1. The molecule has 1 unspecified atom stereocenters. The molecule has 1 fully saturated rings. The van der Waals surface area contributed by atoms with Gasteiger partial charge in [-0.3, -0.25) is 4.79 Å². The fraction of sp³-hybridized carbons (Fsp3) is 0.333. The number of aliphatic carboxylic acids is 1. The summed E-state index contributed by atoms with van der Waals surface area (Å²) >= 11 is 8.71. The molecule has 0 aromatic heterocycles. The molecule has 1 aromatic rings. The minimum Gasteiger partial charge on any atom is -0.480 e. The highest BCUT2D eigenvalue weighted by Crippen LogP contribution is 2.28. The van der Waals surface area contributed by atoms with Crippen LogP contribution in [0.2, 0.25) is 5.02 Å². The van der Waals surface area contributed by atoms with Gasteiger partial charge in [0.25, 0.3) is 5.91 Å². The Balaban J connectivity index is 2.37. The van der Waals surface area contributed by atoms with Gasteiger partial charge in [0.05, 0.1) is 10.0 Å². The smallest absolute Gasteiger partial charge is 0.326 e. The summed E-state index contributed by atoms with van der Waals surface area (Å²) in [7, 11) is 0. The first kappa shape index (κ1) is 14.3. The molecule has 1 aliphatic heterocycles. The molecule has 2 rings (SSSR count). The van der Waals surface area contributed by atoms with Gasteiger partial charge in [0.15, 0.2) is 0 Å². The molecule has 1 aliphatic rings. The third-order valence-corrected chi connectivity index (χ3v) is 4.05. The molecule has 1 amide bonds. The summed E-state index contributed by atoms with van der Waals surface area (Å²) in [5.41, 5.74) is 0.0400. The molecule has 7 heteroatoms. The van der Waals surface area contributed by atoms with Crippen molar-refractivity contribution in [2.45, 2.75) is 18.9 Å². The molecule has 0 saturated carbocycles. The summed E-state index contributed by atoms with van der Waals surface area (Å²) in [6.45, 7) is 0.344. The lowest BCUT2D eigenvalue weighted by Gasteiger charge is -2.22. The predicted molar refractivity (Wildman–Crippen MR) is 70.8 cm³/mol. The fourth-order valence-electron chi connectivity index (χ4n) is 2.13. The number of benzene rings is 1. The molecule has 1 saturated heterocycles. The Bertz CT molecular complexity index is 552. The van der Waals surface area contributed by atoms with E-state index in [0.29, 0.717) is 19.4 Å². The Labute approximate surface area is 122 Å². The van der Waals surface area contributed by atoms with Crippen LogP contribution < -0.4 is 0 Å². The number of halogens is 3. The van der Waals surface area contributed by atoms with Gasteiger partial charge in [-0.15, -0.1) is 0 Å². The molecule has 19 heavy (non-hydrogen) atoms. The van der Waals surface area contributed by atoms with Crippen LogP contribution in [0, 0.1) is 5.82 Å². The van der Waals surface area contributed by atoms with Crippen molar-refractivity contribution in [3.05, 3.63) is 33.0 Å². The standard InChI is InChI=1S/C12H10BrClFNO3/c13-10-7(4-6(14)5-8(10)15)11(17)16-3-1-2-9(16)12(18)19/h4-5,9H,1-3H2,(H,18,19). The molecule has 1 heterocycles. The second-order valence-electron chi connectivity index (χ2n) is 4.24. The minimum atomic E-state index is -1.05. The molecular formula is C12H10BrClFNO3. The summed E-state index contributed by atoms with van der Waals surface area (Å²) in [5.74, 6) is -2.23. The van der Waals surface area contributed by atoms with Crippen LogP contribution in [0.25, 0.3) is 0 Å². The van der Waals surface area contributed by atoms with E-state index in [4.69, 9.17) is 16.7 Å². The van der Waals surface area contributed by atoms with Gasteiger partial charge in [-0.25, -0.2) is 9.18 Å². The number of carboxylic acids is 1. The monoisotopic (exact) mass is 349 g/mol. The Morgan fingerprint density at radius 3 is 2.79 bits per heavy atom. The third-order valence-electron chi connectivity index (χ3n) is 3.02. The van der Waals surface area contributed by atoms with Gasteiger partial charge in [-0.2, -0.15) is 0 Å². The highest BCUT2D eigenvalue weighted by atomic mass is 79.9. The van der Waals surface area contributed by atoms with Crippen molar-refractivity contribution < 1.29 is 19.1 Å². The molecule has 1 atom stereocenters.